The van der Waals surface area contributed by atoms with E-state index in [1.807, 2.05) is 0 Å². The second-order valence-corrected chi connectivity index (χ2v) is 51.3. The first kappa shape index (κ1) is 28.6. The van der Waals surface area contributed by atoms with Crippen LogP contribution in [0.4, 0.5) is 0 Å². The maximum atomic E-state index is 8.57. The number of allylic oxidation sites excluding steroid dienone is 2. The molecule has 3 aliphatic rings. The van der Waals surface area contributed by atoms with E-state index < -0.39 is 20.4 Å². The first-order valence-corrected chi connectivity index (χ1v) is 30.5. The predicted molar refractivity (Wildman–Crippen MR) is 181 cm³/mol. The van der Waals surface area contributed by atoms with Gasteiger partial charge in [0.05, 0.1) is 0 Å². The minimum absolute atomic E-state index is 0.0649. The van der Waals surface area contributed by atoms with Crippen molar-refractivity contribution < 1.29 is 15.0 Å². The summed E-state index contributed by atoms with van der Waals surface area (Å²) in [5, 5.41) is 0. The van der Waals surface area contributed by atoms with Gasteiger partial charge in [-0.15, -0.1) is 0 Å². The summed E-state index contributed by atoms with van der Waals surface area (Å²) in [5.74, 6) is 0. The molecule has 0 N–H and O–H groups in total. The van der Waals surface area contributed by atoms with Crippen molar-refractivity contribution in [2.75, 3.05) is 13.1 Å². The average Bonchev–Trinajstić information content (AvgIpc) is 3.75. The molecule has 2 aliphatic carbocycles. The van der Waals surface area contributed by atoms with Gasteiger partial charge >= 0.3 is 261 Å². The Labute approximate surface area is 258 Å². The van der Waals surface area contributed by atoms with Crippen molar-refractivity contribution in [3.8, 4) is 22.3 Å². The molecule has 1 aliphatic heterocycles. The van der Waals surface area contributed by atoms with E-state index in [4.69, 9.17) is 17.0 Å². The van der Waals surface area contributed by atoms with E-state index in [2.05, 4.69) is 134 Å². The quantitative estimate of drug-likeness (QED) is 0.189. The summed E-state index contributed by atoms with van der Waals surface area (Å²) >= 11 is -4.83. The molecule has 0 spiro atoms. The van der Waals surface area contributed by atoms with Gasteiger partial charge in [0.2, 0.25) is 0 Å². The van der Waals surface area contributed by atoms with E-state index in [0.717, 1.165) is 13.1 Å². The second-order valence-electron chi connectivity index (χ2n) is 12.5. The van der Waals surface area contributed by atoms with Gasteiger partial charge in [0.25, 0.3) is 0 Å². The van der Waals surface area contributed by atoms with Gasteiger partial charge in [-0.25, -0.2) is 0 Å². The summed E-state index contributed by atoms with van der Waals surface area (Å²) in [6.45, 7) is 9.27. The predicted octanol–water partition coefficient (Wildman–Crippen LogP) is 10.9. The third-order valence-corrected chi connectivity index (χ3v) is 56.5. The minimum atomic E-state index is -4.83. The number of benzene rings is 4. The zero-order valence-electron chi connectivity index (χ0n) is 24.6. The molecule has 4 aromatic rings. The van der Waals surface area contributed by atoms with Gasteiger partial charge in [-0.2, -0.15) is 0 Å². The Morgan fingerprint density at radius 1 is 0.643 bits per heavy atom. The zero-order chi connectivity index (χ0) is 29.1. The summed E-state index contributed by atoms with van der Waals surface area (Å²) in [7, 11) is 17.1. The molecule has 1 fully saturated rings. The number of hydrogen-bond acceptors (Lipinski definition) is 1. The molecule has 0 aromatic heterocycles. The molecule has 7 rings (SSSR count). The third kappa shape index (κ3) is 4.34. The molecule has 212 valence electrons. The van der Waals surface area contributed by atoms with Crippen LogP contribution in [0.25, 0.3) is 34.4 Å². The average molecular weight is 686 g/mol. The van der Waals surface area contributed by atoms with Crippen molar-refractivity contribution in [2.24, 2.45) is 0 Å². The maximum absolute atomic E-state index is 8.57. The summed E-state index contributed by atoms with van der Waals surface area (Å²) in [6, 6.07) is 35.2. The van der Waals surface area contributed by atoms with E-state index in [1.54, 1.807) is 0 Å². The van der Waals surface area contributed by atoms with E-state index >= 15 is 0 Å². The van der Waals surface area contributed by atoms with Gasteiger partial charge in [0.1, 0.15) is 0 Å². The van der Waals surface area contributed by atoms with Gasteiger partial charge in [-0.05, 0) is 0 Å². The van der Waals surface area contributed by atoms with Gasteiger partial charge < -0.3 is 0 Å². The summed E-state index contributed by atoms with van der Waals surface area (Å²) < 4.78 is 0.148. The van der Waals surface area contributed by atoms with Crippen molar-refractivity contribution in [1.29, 1.82) is 0 Å². The van der Waals surface area contributed by atoms with Crippen LogP contribution < -0.4 is 0 Å². The SMILES string of the molecule is CC1=Cc2c(-c3ccccc3)cccc2[CH]1[Zr]([Cl])([Cl])([CH]1C(N2CCCC2)=Cc2c(-c3ccccc3)cccc21)=[Si](C)C. The van der Waals surface area contributed by atoms with Crippen LogP contribution >= 0.6 is 17.0 Å². The molecule has 2 unspecified atom stereocenters. The van der Waals surface area contributed by atoms with Crippen LogP contribution in [0.5, 0.6) is 0 Å². The Morgan fingerprint density at radius 3 is 1.67 bits per heavy atom. The standard InChI is InChI=1S/C19H18N.C16H13.C2H6Si.2ClH.Zr/c1-2-7-15(8-3-1)18-10-6-9-16-13-17(14-19(16)18)20-11-4-5-12-20;1-12-10-14-8-5-9-15(16(14)11-12)13-6-3-2-4-7-13;1-3-2;;;/h1-3,6-10,13-14H,4-5,11-12H2;2-11H,1H3;1-2H3;2*1H;/q;;;;;+2/p-2. The summed E-state index contributed by atoms with van der Waals surface area (Å²) in [6.07, 6.45) is 7.33. The number of fused-ring (bicyclic) bond motifs is 2. The summed E-state index contributed by atoms with van der Waals surface area (Å²) in [4.78, 5) is 2.62. The van der Waals surface area contributed by atoms with Crippen molar-refractivity contribution in [3.63, 3.8) is 0 Å². The molecular formula is C37H37Cl2NSiZr. The van der Waals surface area contributed by atoms with Gasteiger partial charge in [-0.1, -0.05) is 0 Å². The van der Waals surface area contributed by atoms with Crippen molar-refractivity contribution in [2.45, 2.75) is 40.1 Å². The Kier molecular flexibility index (Phi) is 7.34. The van der Waals surface area contributed by atoms with Crippen LogP contribution in [0.3, 0.4) is 0 Å². The fourth-order valence-electron chi connectivity index (χ4n) is 7.93. The molecule has 0 bridgehead atoms. The van der Waals surface area contributed by atoms with E-state index in [-0.39, 0.29) is 7.25 Å². The molecule has 42 heavy (non-hydrogen) atoms. The van der Waals surface area contributed by atoms with E-state index in [1.165, 1.54) is 68.6 Å². The number of halogens is 2. The van der Waals surface area contributed by atoms with Crippen LogP contribution in [0.15, 0.2) is 108 Å². The Balaban J connectivity index is 1.48. The van der Waals surface area contributed by atoms with Crippen LogP contribution in [0.1, 0.15) is 49.3 Å². The Morgan fingerprint density at radius 2 is 1.14 bits per heavy atom. The molecular weight excluding hydrogens is 649 g/mol. The molecule has 0 amide bonds. The fourth-order valence-corrected chi connectivity index (χ4v) is 36.9. The number of hydrogen-bond donors (Lipinski definition) is 0. The van der Waals surface area contributed by atoms with Gasteiger partial charge in [0, 0.05) is 0 Å². The third-order valence-electron chi connectivity index (χ3n) is 9.97. The van der Waals surface area contributed by atoms with E-state index in [9.17, 15) is 0 Å². The van der Waals surface area contributed by atoms with Crippen LogP contribution in [-0.2, 0) is 15.0 Å². The molecule has 0 radical (unpaired) electrons. The molecule has 5 heteroatoms. The first-order chi connectivity index (χ1) is 20.3. The fraction of sp³-hybridized carbons (Fsp3) is 0.243. The number of nitrogens with zero attached hydrogens (tertiary/aromatic N) is 1. The zero-order valence-corrected chi connectivity index (χ0v) is 29.5. The molecule has 4 aromatic carbocycles. The molecule has 0 saturated carbocycles. The molecule has 1 heterocycles. The van der Waals surface area contributed by atoms with Crippen molar-refractivity contribution in [3.05, 3.63) is 131 Å². The monoisotopic (exact) mass is 683 g/mol. The van der Waals surface area contributed by atoms with Crippen molar-refractivity contribution >= 4 is 34.6 Å². The van der Waals surface area contributed by atoms with Crippen LogP contribution in [0, 0.1) is 0 Å². The number of likely N-dealkylation sites (tertiary alicyclic amines) is 1. The van der Waals surface area contributed by atoms with E-state index in [0.29, 0.717) is 0 Å². The second kappa shape index (κ2) is 10.8. The first-order valence-electron chi connectivity index (χ1n) is 15.2. The normalized spacial score (nSPS) is 19.8. The molecule has 1 saturated heterocycles. The Hall–Kier alpha value is -2.16. The van der Waals surface area contributed by atoms with Crippen LogP contribution in [0.2, 0.25) is 13.1 Å². The molecule has 2 atom stereocenters. The van der Waals surface area contributed by atoms with Crippen molar-refractivity contribution in [1.82, 2.24) is 4.90 Å². The topological polar surface area (TPSA) is 3.24 Å². The van der Waals surface area contributed by atoms with Gasteiger partial charge in [0.15, 0.2) is 0 Å². The Bertz CT molecular complexity index is 1820. The van der Waals surface area contributed by atoms with Crippen LogP contribution in [-0.4, -0.2) is 23.4 Å². The number of rotatable bonds is 5. The molecule has 1 nitrogen and oxygen atoms in total. The summed E-state index contributed by atoms with van der Waals surface area (Å²) in [5.41, 5.74) is 11.9. The van der Waals surface area contributed by atoms with Gasteiger partial charge in [-0.3, -0.25) is 0 Å².